The van der Waals surface area contributed by atoms with Crippen LogP contribution in [-0.4, -0.2) is 91.9 Å². The molecular formula is C47H53N5O4. The molecule has 0 aromatic heterocycles. The van der Waals surface area contributed by atoms with Crippen LogP contribution < -0.4 is 15.1 Å². The second-order valence-corrected chi connectivity index (χ2v) is 16.0. The quantitative estimate of drug-likeness (QED) is 0.163. The van der Waals surface area contributed by atoms with Gasteiger partial charge in [0.25, 0.3) is 5.91 Å². The van der Waals surface area contributed by atoms with E-state index in [1.807, 2.05) is 30.3 Å². The molecule has 9 heteroatoms. The molecule has 0 spiro atoms. The number of aldehydes is 1. The van der Waals surface area contributed by atoms with Gasteiger partial charge in [-0.05, 0) is 109 Å². The molecule has 9 nitrogen and oxygen atoms in total. The first-order valence-corrected chi connectivity index (χ1v) is 20.3. The zero-order valence-electron chi connectivity index (χ0n) is 32.4. The number of aryl methyl sites for hydroxylation is 1. The lowest BCUT2D eigenvalue weighted by molar-refractivity contribution is -0.121. The number of rotatable bonds is 11. The lowest BCUT2D eigenvalue weighted by Gasteiger charge is -2.40. The smallest absolute Gasteiger partial charge is 0.259 e. The van der Waals surface area contributed by atoms with E-state index in [9.17, 15) is 19.5 Å². The third-order valence-corrected chi connectivity index (χ3v) is 12.8. The third-order valence-electron chi connectivity index (χ3n) is 12.8. The van der Waals surface area contributed by atoms with Gasteiger partial charge in [0.15, 0.2) is 0 Å². The summed E-state index contributed by atoms with van der Waals surface area (Å²) in [4.78, 5) is 46.0. The van der Waals surface area contributed by atoms with E-state index < -0.39 is 6.04 Å². The molecule has 8 rings (SSSR count). The Balaban J connectivity index is 0.843. The molecule has 56 heavy (non-hydrogen) atoms. The maximum absolute atomic E-state index is 13.3. The Morgan fingerprint density at radius 2 is 1.55 bits per heavy atom. The van der Waals surface area contributed by atoms with Crippen LogP contribution in [0.1, 0.15) is 82.1 Å². The molecule has 2 amide bonds. The third kappa shape index (κ3) is 7.57. The van der Waals surface area contributed by atoms with Crippen molar-refractivity contribution in [2.45, 2.75) is 56.4 Å². The Morgan fingerprint density at radius 1 is 0.839 bits per heavy atom. The maximum atomic E-state index is 13.3. The number of carbonyl (C=O) groups is 3. The van der Waals surface area contributed by atoms with Crippen LogP contribution in [0.5, 0.6) is 5.75 Å². The minimum Gasteiger partial charge on any atom is -0.508 e. The van der Waals surface area contributed by atoms with Crippen LogP contribution in [-0.2, 0) is 16.0 Å². The predicted octanol–water partition coefficient (Wildman–Crippen LogP) is 6.81. The summed E-state index contributed by atoms with van der Waals surface area (Å²) in [5.74, 6) is 1.28. The lowest BCUT2D eigenvalue weighted by Crippen LogP contribution is -2.49. The number of nitrogens with one attached hydrogen (secondary N) is 1. The summed E-state index contributed by atoms with van der Waals surface area (Å²) in [6.07, 6.45) is 5.56. The van der Waals surface area contributed by atoms with Crippen molar-refractivity contribution in [1.82, 2.24) is 15.1 Å². The van der Waals surface area contributed by atoms with Gasteiger partial charge in [-0.1, -0.05) is 55.1 Å². The van der Waals surface area contributed by atoms with Crippen LogP contribution in [0.25, 0.3) is 5.70 Å². The van der Waals surface area contributed by atoms with Gasteiger partial charge in [-0.15, -0.1) is 0 Å². The van der Waals surface area contributed by atoms with Crippen molar-refractivity contribution in [1.29, 1.82) is 0 Å². The minimum absolute atomic E-state index is 0.163. The number of piperazine rings is 1. The Kier molecular flexibility index (Phi) is 11.0. The van der Waals surface area contributed by atoms with Crippen LogP contribution in [0.2, 0.25) is 0 Å². The average Bonchev–Trinajstić information content (AvgIpc) is 3.49. The maximum Gasteiger partial charge on any atom is 0.259 e. The van der Waals surface area contributed by atoms with E-state index >= 15 is 0 Å². The number of piperidine rings is 1. The van der Waals surface area contributed by atoms with E-state index in [0.29, 0.717) is 28.8 Å². The van der Waals surface area contributed by atoms with Crippen molar-refractivity contribution in [3.63, 3.8) is 0 Å². The number of phenolic OH excluding ortho intramolecular Hbond substituents is 1. The molecule has 0 bridgehead atoms. The van der Waals surface area contributed by atoms with E-state index in [1.54, 1.807) is 7.05 Å². The van der Waals surface area contributed by atoms with E-state index in [4.69, 9.17) is 0 Å². The van der Waals surface area contributed by atoms with E-state index in [1.165, 1.54) is 45.7 Å². The molecule has 3 unspecified atom stereocenters. The molecule has 2 N–H and O–H groups in total. The normalized spacial score (nSPS) is 20.8. The summed E-state index contributed by atoms with van der Waals surface area (Å²) in [5, 5.41) is 12.8. The largest absolute Gasteiger partial charge is 0.508 e. The topological polar surface area (TPSA) is 96.4 Å². The van der Waals surface area contributed by atoms with E-state index in [0.717, 1.165) is 76.2 Å². The van der Waals surface area contributed by atoms with Gasteiger partial charge < -0.3 is 25.0 Å². The number of benzene rings is 4. The summed E-state index contributed by atoms with van der Waals surface area (Å²) in [6.45, 7) is 11.2. The van der Waals surface area contributed by atoms with Crippen molar-refractivity contribution in [2.75, 3.05) is 62.7 Å². The SMILES string of the molecule is C=C1c2cc(N3CCN(CC4CCN(c5ccc(C6c7ccc(O)cc7CCC6c6ccccc6)cc5)CC4)CC3)ccc2C(=O)N1C(C=O)CCC(=O)NC. The number of nitrogens with zero attached hydrogens (tertiary/aromatic N) is 4. The van der Waals surface area contributed by atoms with Gasteiger partial charge in [-0.3, -0.25) is 19.4 Å². The molecular weight excluding hydrogens is 699 g/mol. The second-order valence-electron chi connectivity index (χ2n) is 16.0. The number of amides is 2. The molecule has 4 aromatic rings. The van der Waals surface area contributed by atoms with Gasteiger partial charge in [0.1, 0.15) is 12.0 Å². The van der Waals surface area contributed by atoms with Gasteiger partial charge in [0.05, 0.1) is 6.04 Å². The minimum atomic E-state index is -0.727. The number of hydrogen-bond donors (Lipinski definition) is 2. The van der Waals surface area contributed by atoms with Crippen LogP contribution in [0.15, 0.2) is 97.6 Å². The zero-order valence-corrected chi connectivity index (χ0v) is 32.4. The van der Waals surface area contributed by atoms with Crippen molar-refractivity contribution in [3.8, 4) is 5.75 Å². The molecule has 3 aliphatic heterocycles. The fourth-order valence-corrected chi connectivity index (χ4v) is 9.65. The zero-order chi connectivity index (χ0) is 38.8. The number of carbonyl (C=O) groups excluding carboxylic acids is 3. The molecule has 1 aliphatic carbocycles. The van der Waals surface area contributed by atoms with Crippen LogP contribution in [0, 0.1) is 5.92 Å². The van der Waals surface area contributed by atoms with Gasteiger partial charge in [0.2, 0.25) is 5.91 Å². The van der Waals surface area contributed by atoms with Gasteiger partial charge >= 0.3 is 0 Å². The predicted molar refractivity (Wildman–Crippen MR) is 222 cm³/mol. The van der Waals surface area contributed by atoms with E-state index in [2.05, 4.69) is 87.3 Å². The average molecular weight is 752 g/mol. The van der Waals surface area contributed by atoms with Gasteiger partial charge in [-0.25, -0.2) is 0 Å². The van der Waals surface area contributed by atoms with Crippen molar-refractivity contribution >= 4 is 35.2 Å². The molecule has 2 fully saturated rings. The highest BCUT2D eigenvalue weighted by Gasteiger charge is 2.37. The highest BCUT2D eigenvalue weighted by atomic mass is 16.3. The summed E-state index contributed by atoms with van der Waals surface area (Å²) >= 11 is 0. The van der Waals surface area contributed by atoms with Crippen LogP contribution >= 0.6 is 0 Å². The summed E-state index contributed by atoms with van der Waals surface area (Å²) in [7, 11) is 1.56. The standard InChI is InChI=1S/C47H53N5O4/c1-32-44-29-38(13-17-43(44)47(56)52(32)39(31-53)14-19-45(55)48-2)51-26-24-49(25-27-51)30-33-20-22-50(23-21-33)37-11-8-35(9-12-37)46-41(34-6-4-3-5-7-34)16-10-36-28-40(54)15-18-42(36)46/h3-9,11-13,15,17-18,28-29,31,33,39,41,46,54H,1,10,14,16,19-27,30H2,2H3,(H,48,55). The van der Waals surface area contributed by atoms with Gasteiger partial charge in [0, 0.05) is 93.4 Å². The molecule has 2 saturated heterocycles. The molecule has 0 radical (unpaired) electrons. The first-order valence-electron chi connectivity index (χ1n) is 20.3. The number of hydrogen-bond acceptors (Lipinski definition) is 7. The monoisotopic (exact) mass is 751 g/mol. The molecule has 3 heterocycles. The fraction of sp³-hybridized carbons (Fsp3) is 0.383. The first kappa shape index (κ1) is 37.5. The Morgan fingerprint density at radius 3 is 2.27 bits per heavy atom. The summed E-state index contributed by atoms with van der Waals surface area (Å²) < 4.78 is 0. The van der Waals surface area contributed by atoms with Crippen molar-refractivity contribution < 1.29 is 19.5 Å². The number of anilines is 2. The number of fused-ring (bicyclic) bond motifs is 2. The van der Waals surface area contributed by atoms with Crippen molar-refractivity contribution in [3.05, 3.63) is 131 Å². The molecule has 3 atom stereocenters. The Labute approximate surface area is 330 Å². The summed E-state index contributed by atoms with van der Waals surface area (Å²) in [5.41, 5.74) is 9.51. The molecule has 4 aliphatic rings. The molecule has 4 aromatic carbocycles. The fourth-order valence-electron chi connectivity index (χ4n) is 9.65. The Bertz CT molecular complexity index is 2070. The first-order chi connectivity index (χ1) is 27.3. The van der Waals surface area contributed by atoms with Crippen LogP contribution in [0.4, 0.5) is 11.4 Å². The second kappa shape index (κ2) is 16.4. The number of aromatic hydroxyl groups is 1. The highest BCUT2D eigenvalue weighted by Crippen LogP contribution is 2.47. The number of phenols is 1. The van der Waals surface area contributed by atoms with E-state index in [-0.39, 0.29) is 30.6 Å². The van der Waals surface area contributed by atoms with Crippen molar-refractivity contribution in [2.24, 2.45) is 5.92 Å². The lowest BCUT2D eigenvalue weighted by atomic mass is 9.69. The molecule has 290 valence electrons. The Hall–Kier alpha value is -5.41. The van der Waals surface area contributed by atoms with Gasteiger partial charge in [-0.2, -0.15) is 0 Å². The highest BCUT2D eigenvalue weighted by molar-refractivity contribution is 6.10. The summed E-state index contributed by atoms with van der Waals surface area (Å²) in [6, 6.07) is 31.3. The molecule has 0 saturated carbocycles. The van der Waals surface area contributed by atoms with Crippen LogP contribution in [0.3, 0.4) is 0 Å².